The number of benzene rings is 1. The van der Waals surface area contributed by atoms with Gasteiger partial charge in [0.25, 0.3) is 0 Å². The van der Waals surface area contributed by atoms with Crippen LogP contribution in [0.1, 0.15) is 24.8 Å². The first-order valence-electron chi connectivity index (χ1n) is 7.07. The van der Waals surface area contributed by atoms with Gasteiger partial charge in [-0.25, -0.2) is 4.39 Å². The van der Waals surface area contributed by atoms with E-state index < -0.39 is 0 Å². The maximum Gasteiger partial charge on any atom is 0.146 e. The van der Waals surface area contributed by atoms with Gasteiger partial charge in [-0.15, -0.1) is 12.4 Å². The van der Waals surface area contributed by atoms with Gasteiger partial charge in [-0.1, -0.05) is 12.1 Å². The van der Waals surface area contributed by atoms with Crippen LogP contribution in [0.15, 0.2) is 18.2 Å². The second kappa shape index (κ2) is 6.58. The minimum atomic E-state index is -0.0406. The van der Waals surface area contributed by atoms with Crippen molar-refractivity contribution in [2.75, 3.05) is 31.1 Å². The Kier molecular flexibility index (Phi) is 5.06. The molecular formula is C15H22ClFN2. The average molecular weight is 285 g/mol. The summed E-state index contributed by atoms with van der Waals surface area (Å²) in [6.07, 6.45) is 4.62. The summed E-state index contributed by atoms with van der Waals surface area (Å²) in [5.74, 6) is 0.679. The van der Waals surface area contributed by atoms with E-state index in [0.717, 1.165) is 50.6 Å². The Balaban J connectivity index is 0.00000133. The summed E-state index contributed by atoms with van der Waals surface area (Å²) < 4.78 is 14.0. The molecule has 1 aromatic rings. The third-order valence-corrected chi connectivity index (χ3v) is 4.20. The topological polar surface area (TPSA) is 15.3 Å². The minimum absolute atomic E-state index is 0. The van der Waals surface area contributed by atoms with Crippen LogP contribution in [0.3, 0.4) is 0 Å². The van der Waals surface area contributed by atoms with E-state index in [2.05, 4.69) is 16.3 Å². The number of nitrogens with zero attached hydrogens (tertiary/aromatic N) is 1. The van der Waals surface area contributed by atoms with Crippen LogP contribution in [0, 0.1) is 11.7 Å². The molecular weight excluding hydrogens is 263 g/mol. The summed E-state index contributed by atoms with van der Waals surface area (Å²) in [4.78, 5) is 2.28. The third kappa shape index (κ3) is 3.21. The van der Waals surface area contributed by atoms with Gasteiger partial charge in [0.1, 0.15) is 5.82 Å². The summed E-state index contributed by atoms with van der Waals surface area (Å²) in [6, 6.07) is 5.51. The molecule has 2 nitrogen and oxygen atoms in total. The van der Waals surface area contributed by atoms with Crippen LogP contribution in [0.5, 0.6) is 0 Å². The van der Waals surface area contributed by atoms with Crippen LogP contribution < -0.4 is 10.2 Å². The van der Waals surface area contributed by atoms with Crippen molar-refractivity contribution in [3.05, 3.63) is 29.6 Å². The highest BCUT2D eigenvalue weighted by atomic mass is 35.5. The van der Waals surface area contributed by atoms with Crippen molar-refractivity contribution in [3.63, 3.8) is 0 Å². The van der Waals surface area contributed by atoms with Crippen molar-refractivity contribution in [3.8, 4) is 0 Å². The summed E-state index contributed by atoms with van der Waals surface area (Å²) in [5, 5.41) is 3.39. The van der Waals surface area contributed by atoms with Gasteiger partial charge in [-0.2, -0.15) is 0 Å². The monoisotopic (exact) mass is 284 g/mol. The SMILES string of the molecule is Cl.Fc1cccc2c1N(CC1CCNCC1)CCC2. The number of hydrogen-bond acceptors (Lipinski definition) is 2. The van der Waals surface area contributed by atoms with Crippen LogP contribution >= 0.6 is 12.4 Å². The maximum absolute atomic E-state index is 14.0. The zero-order valence-electron chi connectivity index (χ0n) is 11.2. The molecule has 2 aliphatic heterocycles. The number of fused-ring (bicyclic) bond motifs is 1. The Bertz CT molecular complexity index is 419. The second-order valence-corrected chi connectivity index (χ2v) is 5.49. The number of para-hydroxylation sites is 1. The van der Waals surface area contributed by atoms with E-state index in [0.29, 0.717) is 0 Å². The molecule has 0 spiro atoms. The van der Waals surface area contributed by atoms with Crippen LogP contribution in [-0.2, 0) is 6.42 Å². The molecule has 1 fully saturated rings. The van der Waals surface area contributed by atoms with E-state index in [-0.39, 0.29) is 18.2 Å². The molecule has 1 saturated heterocycles. The average Bonchev–Trinajstić information content (AvgIpc) is 2.40. The number of anilines is 1. The number of halogens is 2. The van der Waals surface area contributed by atoms with Gasteiger partial charge in [0, 0.05) is 13.1 Å². The summed E-state index contributed by atoms with van der Waals surface area (Å²) in [5.41, 5.74) is 2.07. The molecule has 0 aliphatic carbocycles. The third-order valence-electron chi connectivity index (χ3n) is 4.20. The zero-order valence-corrected chi connectivity index (χ0v) is 12.0. The van der Waals surface area contributed by atoms with Crippen LogP contribution in [0.2, 0.25) is 0 Å². The van der Waals surface area contributed by atoms with Crippen LogP contribution in [-0.4, -0.2) is 26.2 Å². The molecule has 1 N–H and O–H groups in total. The molecule has 0 aromatic heterocycles. The summed E-state index contributed by atoms with van der Waals surface area (Å²) >= 11 is 0. The van der Waals surface area contributed by atoms with Crippen molar-refractivity contribution in [1.82, 2.24) is 5.32 Å². The van der Waals surface area contributed by atoms with Gasteiger partial charge in [-0.05, 0) is 56.3 Å². The first-order valence-corrected chi connectivity index (χ1v) is 7.07. The Morgan fingerprint density at radius 3 is 2.84 bits per heavy atom. The van der Waals surface area contributed by atoms with Crippen molar-refractivity contribution in [2.45, 2.75) is 25.7 Å². The molecule has 19 heavy (non-hydrogen) atoms. The molecule has 4 heteroatoms. The Hall–Kier alpha value is -0.800. The molecule has 106 valence electrons. The maximum atomic E-state index is 14.0. The van der Waals surface area contributed by atoms with Crippen molar-refractivity contribution in [2.24, 2.45) is 5.92 Å². The number of rotatable bonds is 2. The minimum Gasteiger partial charge on any atom is -0.369 e. The molecule has 0 amide bonds. The van der Waals surface area contributed by atoms with Gasteiger partial charge < -0.3 is 10.2 Å². The van der Waals surface area contributed by atoms with Crippen LogP contribution in [0.4, 0.5) is 10.1 Å². The lowest BCUT2D eigenvalue weighted by molar-refractivity contribution is 0.370. The van der Waals surface area contributed by atoms with Gasteiger partial charge in [0.15, 0.2) is 0 Å². The highest BCUT2D eigenvalue weighted by molar-refractivity contribution is 5.85. The lowest BCUT2D eigenvalue weighted by atomic mass is 9.95. The predicted octanol–water partition coefficient (Wildman–Crippen LogP) is 3.00. The number of aryl methyl sites for hydroxylation is 1. The highest BCUT2D eigenvalue weighted by Crippen LogP contribution is 2.31. The van der Waals surface area contributed by atoms with Gasteiger partial charge in [0.2, 0.25) is 0 Å². The highest BCUT2D eigenvalue weighted by Gasteiger charge is 2.23. The van der Waals surface area contributed by atoms with Crippen molar-refractivity contribution in [1.29, 1.82) is 0 Å². The smallest absolute Gasteiger partial charge is 0.146 e. The zero-order chi connectivity index (χ0) is 12.4. The number of hydrogen-bond donors (Lipinski definition) is 1. The molecule has 0 bridgehead atoms. The fourth-order valence-corrected chi connectivity index (χ4v) is 3.25. The quantitative estimate of drug-likeness (QED) is 0.898. The second-order valence-electron chi connectivity index (χ2n) is 5.49. The molecule has 2 heterocycles. The first-order chi connectivity index (χ1) is 8.84. The molecule has 3 rings (SSSR count). The van der Waals surface area contributed by atoms with E-state index >= 15 is 0 Å². The summed E-state index contributed by atoms with van der Waals surface area (Å²) in [7, 11) is 0. The molecule has 2 aliphatic rings. The van der Waals surface area contributed by atoms with E-state index in [1.54, 1.807) is 6.07 Å². The Labute approximate surface area is 120 Å². The molecule has 0 saturated carbocycles. The standard InChI is InChI=1S/C15H21FN2.ClH/c16-14-5-1-3-13-4-2-10-18(15(13)14)11-12-6-8-17-9-7-12;/h1,3,5,12,17H,2,4,6-11H2;1H. The molecule has 0 atom stereocenters. The van der Waals surface area contributed by atoms with Crippen molar-refractivity contribution < 1.29 is 4.39 Å². The van der Waals surface area contributed by atoms with E-state index in [1.165, 1.54) is 18.4 Å². The molecule has 1 aromatic carbocycles. The summed E-state index contributed by atoms with van der Waals surface area (Å²) in [6.45, 7) is 4.26. The fraction of sp³-hybridized carbons (Fsp3) is 0.600. The van der Waals surface area contributed by atoms with Crippen molar-refractivity contribution >= 4 is 18.1 Å². The number of piperidine rings is 1. The van der Waals surface area contributed by atoms with E-state index in [1.807, 2.05) is 6.07 Å². The van der Waals surface area contributed by atoms with E-state index in [4.69, 9.17) is 0 Å². The van der Waals surface area contributed by atoms with E-state index in [9.17, 15) is 4.39 Å². The normalized spacial score (nSPS) is 19.7. The molecule has 0 radical (unpaired) electrons. The largest absolute Gasteiger partial charge is 0.369 e. The Morgan fingerprint density at radius 2 is 2.05 bits per heavy atom. The lowest BCUT2D eigenvalue weighted by Crippen LogP contribution is -2.39. The molecule has 0 unspecified atom stereocenters. The Morgan fingerprint density at radius 1 is 1.26 bits per heavy atom. The first kappa shape index (κ1) is 14.6. The fourth-order valence-electron chi connectivity index (χ4n) is 3.25. The van der Waals surface area contributed by atoms with Gasteiger partial charge in [-0.3, -0.25) is 0 Å². The predicted molar refractivity (Wildman–Crippen MR) is 79.8 cm³/mol. The van der Waals surface area contributed by atoms with Gasteiger partial charge >= 0.3 is 0 Å². The number of nitrogens with one attached hydrogen (secondary N) is 1. The lowest BCUT2D eigenvalue weighted by Gasteiger charge is -2.35. The van der Waals surface area contributed by atoms with Crippen LogP contribution in [0.25, 0.3) is 0 Å². The van der Waals surface area contributed by atoms with Gasteiger partial charge in [0.05, 0.1) is 5.69 Å².